The second-order valence-corrected chi connectivity index (χ2v) is 7.99. The molecular formula is C21H31N5O. The fourth-order valence-corrected chi connectivity index (χ4v) is 4.30. The van der Waals surface area contributed by atoms with Gasteiger partial charge in [0.25, 0.3) is 0 Å². The van der Waals surface area contributed by atoms with Gasteiger partial charge in [0.1, 0.15) is 0 Å². The standard InChI is InChI=1S/C21H31N5O/c1-24-12-14-25(15-13-24)11-8-19-4-2-3-10-26(19)21(27)23-18-5-6-20-17(16-18)7-9-22-20/h5-7,9,16,19,22H,2-4,8,10-15H2,1H3,(H,23,27)/t19-/m0/s1. The van der Waals surface area contributed by atoms with Crippen molar-refractivity contribution in [3.05, 3.63) is 30.5 Å². The van der Waals surface area contributed by atoms with Crippen LogP contribution < -0.4 is 5.32 Å². The number of carbonyl (C=O) groups is 1. The van der Waals surface area contributed by atoms with E-state index in [0.29, 0.717) is 6.04 Å². The third-order valence-corrected chi connectivity index (χ3v) is 6.07. The minimum atomic E-state index is 0.0490. The summed E-state index contributed by atoms with van der Waals surface area (Å²) in [6, 6.07) is 8.46. The Bertz CT molecular complexity index is 765. The van der Waals surface area contributed by atoms with Crippen LogP contribution in [0, 0.1) is 0 Å². The molecular weight excluding hydrogens is 338 g/mol. The van der Waals surface area contributed by atoms with Crippen molar-refractivity contribution in [1.82, 2.24) is 19.7 Å². The Hall–Kier alpha value is -2.05. The minimum Gasteiger partial charge on any atom is -0.361 e. The minimum absolute atomic E-state index is 0.0490. The van der Waals surface area contributed by atoms with Gasteiger partial charge in [-0.1, -0.05) is 0 Å². The van der Waals surface area contributed by atoms with Crippen LogP contribution in [0.1, 0.15) is 25.7 Å². The highest BCUT2D eigenvalue weighted by molar-refractivity contribution is 5.93. The lowest BCUT2D eigenvalue weighted by Gasteiger charge is -2.38. The van der Waals surface area contributed by atoms with Crippen LogP contribution in [0.5, 0.6) is 0 Å². The number of hydrogen-bond acceptors (Lipinski definition) is 3. The van der Waals surface area contributed by atoms with Crippen LogP contribution in [0.15, 0.2) is 30.5 Å². The highest BCUT2D eigenvalue weighted by Gasteiger charge is 2.27. The van der Waals surface area contributed by atoms with Crippen molar-refractivity contribution in [3.63, 3.8) is 0 Å². The molecule has 4 rings (SSSR count). The third kappa shape index (κ3) is 4.45. The zero-order chi connectivity index (χ0) is 18.6. The fraction of sp³-hybridized carbons (Fsp3) is 0.571. The summed E-state index contributed by atoms with van der Waals surface area (Å²) in [4.78, 5) is 23.1. The number of aromatic amines is 1. The number of likely N-dealkylation sites (tertiary alicyclic amines) is 1. The second-order valence-electron chi connectivity index (χ2n) is 7.99. The average Bonchev–Trinajstić information content (AvgIpc) is 3.15. The van der Waals surface area contributed by atoms with Crippen LogP contribution in [-0.4, -0.2) is 78.1 Å². The average molecular weight is 370 g/mol. The Morgan fingerprint density at radius 1 is 1.15 bits per heavy atom. The van der Waals surface area contributed by atoms with Crippen molar-refractivity contribution in [3.8, 4) is 0 Å². The van der Waals surface area contributed by atoms with Gasteiger partial charge in [-0.3, -0.25) is 0 Å². The maximum Gasteiger partial charge on any atom is 0.322 e. The normalized spacial score (nSPS) is 22.3. The molecule has 2 amide bonds. The highest BCUT2D eigenvalue weighted by Crippen LogP contribution is 2.23. The van der Waals surface area contributed by atoms with Gasteiger partial charge in [0.15, 0.2) is 0 Å². The van der Waals surface area contributed by atoms with E-state index in [4.69, 9.17) is 0 Å². The summed E-state index contributed by atoms with van der Waals surface area (Å²) in [5.74, 6) is 0. The molecule has 2 fully saturated rings. The smallest absolute Gasteiger partial charge is 0.322 e. The molecule has 146 valence electrons. The lowest BCUT2D eigenvalue weighted by Crippen LogP contribution is -2.49. The predicted octanol–water partition coefficient (Wildman–Crippen LogP) is 3.19. The van der Waals surface area contributed by atoms with E-state index >= 15 is 0 Å². The zero-order valence-electron chi connectivity index (χ0n) is 16.3. The SMILES string of the molecule is CN1CCN(CC[C@@H]2CCCCN2C(=O)Nc2ccc3[nH]ccc3c2)CC1. The van der Waals surface area contributed by atoms with Crippen molar-refractivity contribution in [2.24, 2.45) is 0 Å². The molecule has 0 radical (unpaired) electrons. The molecule has 0 saturated carbocycles. The molecule has 2 aliphatic rings. The Labute approximate surface area is 161 Å². The number of benzene rings is 1. The van der Waals surface area contributed by atoms with E-state index in [2.05, 4.69) is 32.0 Å². The van der Waals surface area contributed by atoms with Crippen LogP contribution in [0.4, 0.5) is 10.5 Å². The summed E-state index contributed by atoms with van der Waals surface area (Å²) in [5, 5.41) is 4.24. The molecule has 3 heterocycles. The maximum absolute atomic E-state index is 12.9. The number of piperidine rings is 1. The van der Waals surface area contributed by atoms with Crippen molar-refractivity contribution in [2.45, 2.75) is 31.7 Å². The Morgan fingerprint density at radius 2 is 2.00 bits per heavy atom. The first kappa shape index (κ1) is 18.3. The van der Waals surface area contributed by atoms with Gasteiger partial charge in [-0.25, -0.2) is 4.79 Å². The van der Waals surface area contributed by atoms with E-state index in [1.807, 2.05) is 30.5 Å². The number of likely N-dealkylation sites (N-methyl/N-ethyl adjacent to an activating group) is 1. The number of hydrogen-bond donors (Lipinski definition) is 2. The number of nitrogens with one attached hydrogen (secondary N) is 2. The summed E-state index contributed by atoms with van der Waals surface area (Å²) in [5.41, 5.74) is 1.96. The second kappa shape index (κ2) is 8.31. The first-order valence-corrected chi connectivity index (χ1v) is 10.2. The molecule has 0 spiro atoms. The highest BCUT2D eigenvalue weighted by atomic mass is 16.2. The van der Waals surface area contributed by atoms with Crippen molar-refractivity contribution >= 4 is 22.6 Å². The van der Waals surface area contributed by atoms with E-state index < -0.39 is 0 Å². The van der Waals surface area contributed by atoms with Gasteiger partial charge >= 0.3 is 6.03 Å². The lowest BCUT2D eigenvalue weighted by atomic mass is 9.99. The molecule has 0 unspecified atom stereocenters. The van der Waals surface area contributed by atoms with Gasteiger partial charge in [-0.05, 0) is 57.0 Å². The van der Waals surface area contributed by atoms with E-state index in [9.17, 15) is 4.79 Å². The lowest BCUT2D eigenvalue weighted by molar-refractivity contribution is 0.122. The number of carbonyl (C=O) groups excluding carboxylic acids is 1. The number of amides is 2. The Kier molecular flexibility index (Phi) is 5.64. The summed E-state index contributed by atoms with van der Waals surface area (Å²) >= 11 is 0. The fourth-order valence-electron chi connectivity index (χ4n) is 4.30. The Morgan fingerprint density at radius 3 is 2.85 bits per heavy atom. The summed E-state index contributed by atoms with van der Waals surface area (Å²) in [6.07, 6.45) is 6.46. The molecule has 0 aliphatic carbocycles. The first-order chi connectivity index (χ1) is 13.2. The molecule has 6 heteroatoms. The zero-order valence-corrected chi connectivity index (χ0v) is 16.3. The van der Waals surface area contributed by atoms with Crippen LogP contribution >= 0.6 is 0 Å². The van der Waals surface area contributed by atoms with Gasteiger partial charge in [0.2, 0.25) is 0 Å². The van der Waals surface area contributed by atoms with Crippen molar-refractivity contribution < 1.29 is 4.79 Å². The van der Waals surface area contributed by atoms with Gasteiger partial charge in [-0.2, -0.15) is 0 Å². The predicted molar refractivity (Wildman–Crippen MR) is 110 cm³/mol. The van der Waals surface area contributed by atoms with Crippen LogP contribution in [0.3, 0.4) is 0 Å². The number of nitrogens with zero attached hydrogens (tertiary/aromatic N) is 3. The van der Waals surface area contributed by atoms with Crippen molar-refractivity contribution in [1.29, 1.82) is 0 Å². The summed E-state index contributed by atoms with van der Waals surface area (Å²) < 4.78 is 0. The number of anilines is 1. The van der Waals surface area contributed by atoms with Crippen LogP contribution in [0.2, 0.25) is 0 Å². The quantitative estimate of drug-likeness (QED) is 0.870. The molecule has 0 bridgehead atoms. The molecule has 6 nitrogen and oxygen atoms in total. The molecule has 2 saturated heterocycles. The van der Waals surface area contributed by atoms with Crippen LogP contribution in [-0.2, 0) is 0 Å². The molecule has 1 atom stereocenters. The van der Waals surface area contributed by atoms with E-state index in [1.54, 1.807) is 0 Å². The van der Waals surface area contributed by atoms with Gasteiger partial charge in [0.05, 0.1) is 0 Å². The van der Waals surface area contributed by atoms with Gasteiger partial charge in [-0.15, -0.1) is 0 Å². The summed E-state index contributed by atoms with van der Waals surface area (Å²) in [7, 11) is 2.19. The number of piperazine rings is 1. The number of rotatable bonds is 4. The monoisotopic (exact) mass is 369 g/mol. The molecule has 1 aromatic carbocycles. The maximum atomic E-state index is 12.9. The third-order valence-electron chi connectivity index (χ3n) is 6.07. The molecule has 1 aromatic heterocycles. The molecule has 27 heavy (non-hydrogen) atoms. The summed E-state index contributed by atoms with van der Waals surface area (Å²) in [6.45, 7) is 6.55. The first-order valence-electron chi connectivity index (χ1n) is 10.2. The van der Waals surface area contributed by atoms with Gasteiger partial charge in [0, 0.05) is 68.1 Å². The van der Waals surface area contributed by atoms with E-state index in [0.717, 1.165) is 75.1 Å². The largest absolute Gasteiger partial charge is 0.361 e. The van der Waals surface area contributed by atoms with E-state index in [-0.39, 0.29) is 6.03 Å². The van der Waals surface area contributed by atoms with Crippen molar-refractivity contribution in [2.75, 3.05) is 51.6 Å². The van der Waals surface area contributed by atoms with Crippen LogP contribution in [0.25, 0.3) is 10.9 Å². The molecule has 2 N–H and O–H groups in total. The molecule has 2 aliphatic heterocycles. The Balaban J connectivity index is 1.35. The number of H-pyrrole nitrogens is 1. The van der Waals surface area contributed by atoms with Gasteiger partial charge < -0.3 is 25.0 Å². The molecule has 2 aromatic rings. The number of fused-ring (bicyclic) bond motifs is 1. The van der Waals surface area contributed by atoms with E-state index in [1.165, 1.54) is 6.42 Å². The topological polar surface area (TPSA) is 54.6 Å². The number of aromatic nitrogens is 1. The number of urea groups is 1.